The monoisotopic (exact) mass is 217 g/mol. The van der Waals surface area contributed by atoms with Gasteiger partial charge >= 0.3 is 5.97 Å². The van der Waals surface area contributed by atoms with Gasteiger partial charge in [-0.25, -0.2) is 4.79 Å². The van der Waals surface area contributed by atoms with Crippen LogP contribution in [0.15, 0.2) is 24.3 Å². The molecule has 84 valence electrons. The van der Waals surface area contributed by atoms with Crippen molar-refractivity contribution in [1.82, 2.24) is 4.90 Å². The molecular formula is C13H15NO2. The van der Waals surface area contributed by atoms with E-state index in [-0.39, 0.29) is 12.2 Å². The van der Waals surface area contributed by atoms with Gasteiger partial charge in [0.2, 0.25) is 0 Å². The number of hydrogen-bond acceptors (Lipinski definition) is 3. The van der Waals surface area contributed by atoms with E-state index in [4.69, 9.17) is 4.74 Å². The van der Waals surface area contributed by atoms with Crippen molar-refractivity contribution in [1.29, 1.82) is 0 Å². The van der Waals surface area contributed by atoms with Gasteiger partial charge in [0, 0.05) is 18.7 Å². The lowest BCUT2D eigenvalue weighted by atomic mass is 10.1. The molecule has 1 fully saturated rings. The molecule has 0 radical (unpaired) electrons. The Morgan fingerprint density at radius 2 is 1.88 bits per heavy atom. The maximum atomic E-state index is 11.7. The highest BCUT2D eigenvalue weighted by atomic mass is 16.6. The molecular weight excluding hydrogens is 202 g/mol. The predicted molar refractivity (Wildman–Crippen MR) is 60.0 cm³/mol. The molecule has 0 bridgehead atoms. The van der Waals surface area contributed by atoms with E-state index in [0.29, 0.717) is 0 Å². The minimum absolute atomic E-state index is 0.135. The molecule has 2 heterocycles. The molecule has 1 unspecified atom stereocenters. The summed E-state index contributed by atoms with van der Waals surface area (Å²) < 4.78 is 5.46. The molecule has 2 aliphatic rings. The Morgan fingerprint density at radius 3 is 2.69 bits per heavy atom. The van der Waals surface area contributed by atoms with E-state index in [2.05, 4.69) is 4.90 Å². The van der Waals surface area contributed by atoms with Gasteiger partial charge in [-0.2, -0.15) is 0 Å². The molecule has 1 atom stereocenters. The summed E-state index contributed by atoms with van der Waals surface area (Å²) in [5.41, 5.74) is 1.77. The lowest BCUT2D eigenvalue weighted by Gasteiger charge is -2.31. The SMILES string of the molecule is O=C1OC(N2CCCCC2)c2ccccc21. The molecule has 3 heteroatoms. The van der Waals surface area contributed by atoms with Crippen LogP contribution in [-0.2, 0) is 4.74 Å². The molecule has 3 nitrogen and oxygen atoms in total. The number of ether oxygens (including phenoxy) is 1. The number of nitrogens with zero attached hydrogens (tertiary/aromatic N) is 1. The largest absolute Gasteiger partial charge is 0.438 e. The summed E-state index contributed by atoms with van der Waals surface area (Å²) in [6.45, 7) is 2.07. The minimum atomic E-state index is -0.175. The Morgan fingerprint density at radius 1 is 1.12 bits per heavy atom. The molecule has 0 amide bonds. The van der Waals surface area contributed by atoms with E-state index >= 15 is 0 Å². The molecule has 0 aliphatic carbocycles. The van der Waals surface area contributed by atoms with Crippen molar-refractivity contribution in [3.63, 3.8) is 0 Å². The Balaban J connectivity index is 1.90. The average Bonchev–Trinajstić information content (AvgIpc) is 2.69. The fourth-order valence-corrected chi connectivity index (χ4v) is 2.55. The van der Waals surface area contributed by atoms with Gasteiger partial charge < -0.3 is 4.74 Å². The Labute approximate surface area is 95.0 Å². The van der Waals surface area contributed by atoms with Crippen molar-refractivity contribution in [2.45, 2.75) is 25.5 Å². The highest BCUT2D eigenvalue weighted by molar-refractivity contribution is 5.93. The lowest BCUT2D eigenvalue weighted by Crippen LogP contribution is -2.33. The standard InChI is InChI=1S/C13H15NO2/c15-13-11-7-3-2-6-10(11)12(16-13)14-8-4-1-5-9-14/h2-3,6-7,12H,1,4-5,8-9H2. The van der Waals surface area contributed by atoms with Crippen LogP contribution in [0.1, 0.15) is 41.4 Å². The molecule has 16 heavy (non-hydrogen) atoms. The first-order valence-electron chi connectivity index (χ1n) is 5.90. The molecule has 0 saturated carbocycles. The van der Waals surface area contributed by atoms with E-state index < -0.39 is 0 Å². The van der Waals surface area contributed by atoms with Crippen molar-refractivity contribution < 1.29 is 9.53 Å². The van der Waals surface area contributed by atoms with Crippen molar-refractivity contribution >= 4 is 5.97 Å². The van der Waals surface area contributed by atoms with Gasteiger partial charge in [-0.15, -0.1) is 0 Å². The number of benzene rings is 1. The second-order valence-electron chi connectivity index (χ2n) is 4.44. The van der Waals surface area contributed by atoms with E-state index in [1.807, 2.05) is 24.3 Å². The van der Waals surface area contributed by atoms with Gasteiger partial charge in [0.1, 0.15) is 0 Å². The van der Waals surface area contributed by atoms with Crippen LogP contribution in [0.5, 0.6) is 0 Å². The average molecular weight is 217 g/mol. The predicted octanol–water partition coefficient (Wildman–Crippen LogP) is 2.34. The van der Waals surface area contributed by atoms with Gasteiger partial charge in [-0.05, 0) is 18.9 Å². The number of hydrogen-bond donors (Lipinski definition) is 0. The van der Waals surface area contributed by atoms with Crippen LogP contribution >= 0.6 is 0 Å². The third-order valence-electron chi connectivity index (χ3n) is 3.39. The van der Waals surface area contributed by atoms with Gasteiger partial charge in [0.25, 0.3) is 0 Å². The second kappa shape index (κ2) is 3.91. The summed E-state index contributed by atoms with van der Waals surface area (Å²) in [4.78, 5) is 13.9. The normalized spacial score (nSPS) is 25.2. The second-order valence-corrected chi connectivity index (χ2v) is 4.44. The number of piperidine rings is 1. The quantitative estimate of drug-likeness (QED) is 0.676. The molecule has 3 rings (SSSR count). The summed E-state index contributed by atoms with van der Waals surface area (Å²) in [5.74, 6) is -0.175. The zero-order valence-corrected chi connectivity index (χ0v) is 9.19. The summed E-state index contributed by atoms with van der Waals surface area (Å²) in [6, 6.07) is 7.71. The minimum Gasteiger partial charge on any atom is -0.438 e. The van der Waals surface area contributed by atoms with E-state index in [9.17, 15) is 4.79 Å². The van der Waals surface area contributed by atoms with Gasteiger partial charge in [-0.3, -0.25) is 4.90 Å². The number of carbonyl (C=O) groups excluding carboxylic acids is 1. The first-order chi connectivity index (χ1) is 7.86. The van der Waals surface area contributed by atoms with E-state index in [1.54, 1.807) is 0 Å². The Hall–Kier alpha value is -1.35. The topological polar surface area (TPSA) is 29.5 Å². The van der Waals surface area contributed by atoms with E-state index in [1.165, 1.54) is 19.3 Å². The summed E-state index contributed by atoms with van der Waals surface area (Å²) in [7, 11) is 0. The highest BCUT2D eigenvalue weighted by Gasteiger charge is 2.35. The fourth-order valence-electron chi connectivity index (χ4n) is 2.55. The summed E-state index contributed by atoms with van der Waals surface area (Å²) in [5, 5.41) is 0. The third kappa shape index (κ3) is 1.52. The van der Waals surface area contributed by atoms with Crippen LogP contribution in [0.3, 0.4) is 0 Å². The van der Waals surface area contributed by atoms with Crippen LogP contribution in [0, 0.1) is 0 Å². The smallest absolute Gasteiger partial charge is 0.340 e. The first kappa shape index (κ1) is 9.85. The first-order valence-corrected chi connectivity index (χ1v) is 5.90. The number of carbonyl (C=O) groups is 1. The molecule has 0 N–H and O–H groups in total. The maximum absolute atomic E-state index is 11.7. The van der Waals surface area contributed by atoms with Crippen molar-refractivity contribution in [2.24, 2.45) is 0 Å². The number of fused-ring (bicyclic) bond motifs is 1. The van der Waals surface area contributed by atoms with Crippen molar-refractivity contribution in [2.75, 3.05) is 13.1 Å². The number of cyclic esters (lactones) is 1. The highest BCUT2D eigenvalue weighted by Crippen LogP contribution is 2.34. The van der Waals surface area contributed by atoms with Gasteiger partial charge in [-0.1, -0.05) is 24.6 Å². The molecule has 2 aliphatic heterocycles. The van der Waals surface area contributed by atoms with Crippen molar-refractivity contribution in [3.8, 4) is 0 Å². The molecule has 1 aromatic rings. The number of esters is 1. The van der Waals surface area contributed by atoms with E-state index in [0.717, 1.165) is 24.2 Å². The van der Waals surface area contributed by atoms with Crippen LogP contribution in [0.2, 0.25) is 0 Å². The van der Waals surface area contributed by atoms with Gasteiger partial charge in [0.05, 0.1) is 5.56 Å². The molecule has 1 aromatic carbocycles. The fraction of sp³-hybridized carbons (Fsp3) is 0.462. The lowest BCUT2D eigenvalue weighted by molar-refractivity contribution is -0.0300. The Kier molecular flexibility index (Phi) is 2.40. The molecule has 0 aromatic heterocycles. The van der Waals surface area contributed by atoms with Crippen LogP contribution in [0.4, 0.5) is 0 Å². The summed E-state index contributed by atoms with van der Waals surface area (Å²) in [6.07, 6.45) is 3.56. The summed E-state index contributed by atoms with van der Waals surface area (Å²) >= 11 is 0. The van der Waals surface area contributed by atoms with Crippen molar-refractivity contribution in [3.05, 3.63) is 35.4 Å². The molecule has 0 spiro atoms. The van der Waals surface area contributed by atoms with Crippen LogP contribution in [0.25, 0.3) is 0 Å². The van der Waals surface area contributed by atoms with Gasteiger partial charge in [0.15, 0.2) is 6.23 Å². The zero-order valence-electron chi connectivity index (χ0n) is 9.19. The molecule has 1 saturated heterocycles. The van der Waals surface area contributed by atoms with Crippen LogP contribution < -0.4 is 0 Å². The zero-order chi connectivity index (χ0) is 11.0. The number of rotatable bonds is 1. The Bertz CT molecular complexity index is 410. The third-order valence-corrected chi connectivity index (χ3v) is 3.39. The number of likely N-dealkylation sites (tertiary alicyclic amines) is 1. The maximum Gasteiger partial charge on any atom is 0.340 e. The van der Waals surface area contributed by atoms with Crippen LogP contribution in [-0.4, -0.2) is 24.0 Å².